The summed E-state index contributed by atoms with van der Waals surface area (Å²) in [6, 6.07) is 6.83. The van der Waals surface area contributed by atoms with E-state index in [2.05, 4.69) is 19.9 Å². The number of halogens is 1. The van der Waals surface area contributed by atoms with Crippen molar-refractivity contribution in [2.45, 2.75) is 18.9 Å². The Morgan fingerprint density at radius 3 is 2.93 bits per heavy atom. The van der Waals surface area contributed by atoms with Crippen LogP contribution >= 0.6 is 11.6 Å². The molecule has 10 heteroatoms. The average molecular weight is 414 g/mol. The van der Waals surface area contributed by atoms with Gasteiger partial charge in [0.25, 0.3) is 0 Å². The standard InChI is InChI=1S/C19H20ClN7O2/c20-17-4-3-13(21)18(25-17)14-8-12-15(9-24-14)23-6-5-16(12)26-7-1-2-11(10-26)27(22)19(28)29/h3-6,8-9,11H,1-2,7,10,21-22H2,(H,28,29)/t11-/m0/s1. The summed E-state index contributed by atoms with van der Waals surface area (Å²) in [6.45, 7) is 1.29. The fraction of sp³-hybridized carbons (Fsp3) is 0.263. The molecule has 0 radical (unpaired) electrons. The molecule has 29 heavy (non-hydrogen) atoms. The molecule has 1 aliphatic heterocycles. The van der Waals surface area contributed by atoms with Gasteiger partial charge in [-0.25, -0.2) is 20.6 Å². The van der Waals surface area contributed by atoms with Gasteiger partial charge in [-0.2, -0.15) is 0 Å². The van der Waals surface area contributed by atoms with E-state index in [1.54, 1.807) is 24.5 Å². The lowest BCUT2D eigenvalue weighted by Crippen LogP contribution is -2.53. The van der Waals surface area contributed by atoms with Crippen molar-refractivity contribution in [1.82, 2.24) is 20.0 Å². The predicted molar refractivity (Wildman–Crippen MR) is 111 cm³/mol. The molecule has 0 bridgehead atoms. The number of anilines is 2. The SMILES string of the molecule is Nc1ccc(Cl)nc1-c1cc2c(N3CCC[C@H](N(N)C(=O)O)C3)ccnc2cn1. The lowest BCUT2D eigenvalue weighted by Gasteiger charge is -2.37. The van der Waals surface area contributed by atoms with E-state index < -0.39 is 6.09 Å². The second kappa shape index (κ2) is 7.69. The van der Waals surface area contributed by atoms with Crippen molar-refractivity contribution in [2.75, 3.05) is 23.7 Å². The first-order chi connectivity index (χ1) is 13.9. The van der Waals surface area contributed by atoms with E-state index in [-0.39, 0.29) is 6.04 Å². The van der Waals surface area contributed by atoms with Crippen LogP contribution in [0.2, 0.25) is 5.15 Å². The zero-order valence-corrected chi connectivity index (χ0v) is 16.3. The Morgan fingerprint density at radius 2 is 2.14 bits per heavy atom. The van der Waals surface area contributed by atoms with E-state index in [1.165, 1.54) is 0 Å². The summed E-state index contributed by atoms with van der Waals surface area (Å²) in [4.78, 5) is 26.5. The number of nitrogen functional groups attached to an aromatic ring is 1. The highest BCUT2D eigenvalue weighted by atomic mass is 35.5. The number of nitrogens with zero attached hydrogens (tertiary/aromatic N) is 5. The molecular formula is C19H20ClN7O2. The maximum absolute atomic E-state index is 11.2. The van der Waals surface area contributed by atoms with Gasteiger partial charge >= 0.3 is 6.09 Å². The highest BCUT2D eigenvalue weighted by Gasteiger charge is 2.27. The van der Waals surface area contributed by atoms with Crippen molar-refractivity contribution in [3.63, 3.8) is 0 Å². The normalized spacial score (nSPS) is 16.8. The van der Waals surface area contributed by atoms with Crippen molar-refractivity contribution in [3.8, 4) is 11.4 Å². The van der Waals surface area contributed by atoms with Gasteiger partial charge in [0.1, 0.15) is 10.8 Å². The molecule has 0 saturated carbocycles. The number of carboxylic acid groups (broad SMARTS) is 1. The number of amides is 1. The molecular weight excluding hydrogens is 394 g/mol. The van der Waals surface area contributed by atoms with E-state index in [4.69, 9.17) is 23.2 Å². The zero-order valence-electron chi connectivity index (χ0n) is 15.5. The number of piperidine rings is 1. The minimum atomic E-state index is -1.13. The van der Waals surface area contributed by atoms with Gasteiger partial charge in [0.05, 0.1) is 29.1 Å². The molecule has 1 amide bonds. The van der Waals surface area contributed by atoms with Crippen LogP contribution in [0.5, 0.6) is 0 Å². The first kappa shape index (κ1) is 19.2. The highest BCUT2D eigenvalue weighted by molar-refractivity contribution is 6.29. The van der Waals surface area contributed by atoms with Gasteiger partial charge in [-0.1, -0.05) is 11.6 Å². The Hall–Kier alpha value is -3.17. The number of pyridine rings is 3. The Bertz CT molecular complexity index is 1080. The maximum atomic E-state index is 11.2. The number of rotatable bonds is 3. The largest absolute Gasteiger partial charge is 0.464 e. The lowest BCUT2D eigenvalue weighted by molar-refractivity contribution is 0.119. The number of carbonyl (C=O) groups is 1. The van der Waals surface area contributed by atoms with Crippen LogP contribution in [-0.4, -0.2) is 50.3 Å². The third kappa shape index (κ3) is 3.74. The fourth-order valence-corrected chi connectivity index (χ4v) is 3.79. The number of hydrogen-bond acceptors (Lipinski definition) is 7. The molecule has 5 N–H and O–H groups in total. The molecule has 0 aromatic carbocycles. The number of hydrazine groups is 1. The monoisotopic (exact) mass is 413 g/mol. The average Bonchev–Trinajstić information content (AvgIpc) is 2.74. The first-order valence-electron chi connectivity index (χ1n) is 9.13. The molecule has 0 aliphatic carbocycles. The van der Waals surface area contributed by atoms with E-state index in [0.717, 1.165) is 41.0 Å². The maximum Gasteiger partial charge on any atom is 0.421 e. The topological polar surface area (TPSA) is 134 Å². The Labute approximate surface area is 171 Å². The van der Waals surface area contributed by atoms with Crippen LogP contribution < -0.4 is 16.5 Å². The summed E-state index contributed by atoms with van der Waals surface area (Å²) >= 11 is 6.03. The molecule has 1 aliphatic rings. The molecule has 4 heterocycles. The van der Waals surface area contributed by atoms with E-state index >= 15 is 0 Å². The number of fused-ring (bicyclic) bond motifs is 1. The van der Waals surface area contributed by atoms with Crippen LogP contribution in [0.4, 0.5) is 16.2 Å². The van der Waals surface area contributed by atoms with Gasteiger partial charge in [-0.3, -0.25) is 9.97 Å². The van der Waals surface area contributed by atoms with Crippen molar-refractivity contribution >= 4 is 40.0 Å². The highest BCUT2D eigenvalue weighted by Crippen LogP contribution is 2.32. The Morgan fingerprint density at radius 1 is 1.31 bits per heavy atom. The third-order valence-corrected chi connectivity index (χ3v) is 5.30. The van der Waals surface area contributed by atoms with Gasteiger partial charge in [0, 0.05) is 30.4 Å². The van der Waals surface area contributed by atoms with Crippen LogP contribution in [0.1, 0.15) is 12.8 Å². The van der Waals surface area contributed by atoms with Gasteiger partial charge in [-0.05, 0) is 37.1 Å². The smallest absolute Gasteiger partial charge is 0.421 e. The quantitative estimate of drug-likeness (QED) is 0.258. The summed E-state index contributed by atoms with van der Waals surface area (Å²) in [6.07, 6.45) is 3.80. The molecule has 1 atom stereocenters. The van der Waals surface area contributed by atoms with E-state index in [0.29, 0.717) is 28.8 Å². The lowest BCUT2D eigenvalue weighted by atomic mass is 10.0. The Balaban J connectivity index is 1.75. The summed E-state index contributed by atoms with van der Waals surface area (Å²) in [7, 11) is 0. The molecule has 3 aromatic rings. The van der Waals surface area contributed by atoms with E-state index in [9.17, 15) is 9.90 Å². The van der Waals surface area contributed by atoms with Crippen LogP contribution in [0.25, 0.3) is 22.3 Å². The van der Waals surface area contributed by atoms with Crippen LogP contribution in [-0.2, 0) is 0 Å². The fourth-order valence-electron chi connectivity index (χ4n) is 3.65. The molecule has 0 unspecified atom stereocenters. The number of aromatic nitrogens is 3. The second-order valence-electron chi connectivity index (χ2n) is 6.92. The van der Waals surface area contributed by atoms with Gasteiger partial charge in [0.15, 0.2) is 0 Å². The minimum absolute atomic E-state index is 0.281. The summed E-state index contributed by atoms with van der Waals surface area (Å²) < 4.78 is 0. The molecule has 3 aromatic heterocycles. The van der Waals surface area contributed by atoms with Crippen LogP contribution in [0.15, 0.2) is 36.7 Å². The number of hydrogen-bond donors (Lipinski definition) is 3. The molecule has 9 nitrogen and oxygen atoms in total. The minimum Gasteiger partial charge on any atom is -0.464 e. The van der Waals surface area contributed by atoms with Gasteiger partial charge in [-0.15, -0.1) is 0 Å². The molecule has 1 saturated heterocycles. The zero-order chi connectivity index (χ0) is 20.5. The summed E-state index contributed by atoms with van der Waals surface area (Å²) in [5, 5.41) is 11.3. The first-order valence-corrected chi connectivity index (χ1v) is 9.51. The molecule has 150 valence electrons. The Kier molecular flexibility index (Phi) is 5.08. The van der Waals surface area contributed by atoms with Crippen molar-refractivity contribution in [1.29, 1.82) is 0 Å². The van der Waals surface area contributed by atoms with Gasteiger partial charge < -0.3 is 15.7 Å². The van der Waals surface area contributed by atoms with E-state index in [1.807, 2.05) is 12.1 Å². The predicted octanol–water partition coefficient (Wildman–Crippen LogP) is 2.75. The van der Waals surface area contributed by atoms with Crippen LogP contribution in [0, 0.1) is 0 Å². The van der Waals surface area contributed by atoms with Crippen molar-refractivity contribution < 1.29 is 9.90 Å². The second-order valence-corrected chi connectivity index (χ2v) is 7.31. The number of nitrogens with two attached hydrogens (primary N) is 2. The van der Waals surface area contributed by atoms with Gasteiger partial charge in [0.2, 0.25) is 0 Å². The van der Waals surface area contributed by atoms with Crippen LogP contribution in [0.3, 0.4) is 0 Å². The molecule has 1 fully saturated rings. The summed E-state index contributed by atoms with van der Waals surface area (Å²) in [5.74, 6) is 5.73. The van der Waals surface area contributed by atoms with Crippen molar-refractivity contribution in [3.05, 3.63) is 41.8 Å². The molecule has 0 spiro atoms. The third-order valence-electron chi connectivity index (χ3n) is 5.09. The summed E-state index contributed by atoms with van der Waals surface area (Å²) in [5.41, 5.74) is 9.29. The van der Waals surface area contributed by atoms with Crippen molar-refractivity contribution in [2.24, 2.45) is 5.84 Å². The molecule has 4 rings (SSSR count).